The van der Waals surface area contributed by atoms with E-state index in [1.807, 2.05) is 20.0 Å². The van der Waals surface area contributed by atoms with Gasteiger partial charge >= 0.3 is 12.4 Å². The second-order valence-electron chi connectivity index (χ2n) is 11.7. The molecule has 6 rings (SSSR count). The van der Waals surface area contributed by atoms with E-state index in [-0.39, 0.29) is 30.7 Å². The fraction of sp³-hybridized carbons (Fsp3) is 0.536. The van der Waals surface area contributed by atoms with Gasteiger partial charge in [0.15, 0.2) is 5.65 Å². The Kier molecular flexibility index (Phi) is 7.24. The molecule has 0 bridgehead atoms. The van der Waals surface area contributed by atoms with Crippen LogP contribution in [0.1, 0.15) is 53.6 Å². The van der Waals surface area contributed by atoms with E-state index >= 15 is 0 Å². The Labute approximate surface area is 243 Å². The Morgan fingerprint density at radius 1 is 0.814 bits per heavy atom. The van der Waals surface area contributed by atoms with Crippen LogP contribution < -0.4 is 9.80 Å². The molecule has 0 unspecified atom stereocenters. The lowest BCUT2D eigenvalue weighted by molar-refractivity contribution is -0.143. The summed E-state index contributed by atoms with van der Waals surface area (Å²) in [5.74, 6) is 1.91. The van der Waals surface area contributed by atoms with E-state index in [1.54, 1.807) is 4.68 Å². The Balaban J connectivity index is 1.44. The van der Waals surface area contributed by atoms with Crippen molar-refractivity contribution < 1.29 is 26.3 Å². The molecule has 2 fully saturated rings. The SMILES string of the molecule is Cc1nn(C)c2nc(N(CC3CC3)CC3CC3)c(CN(Cc3cc(C(F)(F)F)cc(C(F)(F)F)c3)c3nnn(C)n3)cc12. The molecule has 0 atom stereocenters. The maximum Gasteiger partial charge on any atom is 0.416 e. The summed E-state index contributed by atoms with van der Waals surface area (Å²) in [5.41, 5.74) is -0.732. The molecule has 0 saturated heterocycles. The van der Waals surface area contributed by atoms with Crippen LogP contribution in [0.3, 0.4) is 0 Å². The first kappa shape index (κ1) is 29.2. The number of hydrogen-bond donors (Lipinski definition) is 0. The number of nitrogens with zero attached hydrogens (tertiary/aromatic N) is 9. The number of hydrogen-bond acceptors (Lipinski definition) is 7. The van der Waals surface area contributed by atoms with Crippen molar-refractivity contribution in [1.82, 2.24) is 35.0 Å². The van der Waals surface area contributed by atoms with Gasteiger partial charge in [-0.1, -0.05) is 5.10 Å². The van der Waals surface area contributed by atoms with Crippen molar-refractivity contribution in [2.24, 2.45) is 25.9 Å². The molecule has 4 aromatic rings. The molecule has 9 nitrogen and oxygen atoms in total. The maximum absolute atomic E-state index is 13.7. The zero-order valence-corrected chi connectivity index (χ0v) is 23.9. The third-order valence-electron chi connectivity index (χ3n) is 7.87. The zero-order chi connectivity index (χ0) is 30.7. The number of aryl methyl sites for hydroxylation is 3. The highest BCUT2D eigenvalue weighted by Gasteiger charge is 2.37. The molecule has 2 aliphatic carbocycles. The Morgan fingerprint density at radius 2 is 1.42 bits per heavy atom. The standard InChI is InChI=1S/C28H31F6N9/c1-16-23-10-20(24(35-25(23)40(2)37-16)42(12-17-4-5-17)13-18-6-7-18)15-43(26-36-39-41(3)38-26)14-19-8-21(27(29,30)31)11-22(9-19)28(32,33)34/h8-11,17-18H,4-7,12-15H2,1-3H3. The van der Waals surface area contributed by atoms with Crippen molar-refractivity contribution in [3.8, 4) is 0 Å². The minimum Gasteiger partial charge on any atom is -0.356 e. The van der Waals surface area contributed by atoms with Gasteiger partial charge in [-0.3, -0.25) is 4.68 Å². The van der Waals surface area contributed by atoms with Crippen molar-refractivity contribution in [3.63, 3.8) is 0 Å². The van der Waals surface area contributed by atoms with Gasteiger partial charge in [-0.15, -0.1) is 5.10 Å². The summed E-state index contributed by atoms with van der Waals surface area (Å²) >= 11 is 0. The number of fused-ring (bicyclic) bond motifs is 1. The number of halogens is 6. The van der Waals surface area contributed by atoms with E-state index in [2.05, 4.69) is 25.4 Å². The first-order valence-electron chi connectivity index (χ1n) is 14.1. The quantitative estimate of drug-likeness (QED) is 0.215. The van der Waals surface area contributed by atoms with Crippen molar-refractivity contribution in [1.29, 1.82) is 0 Å². The third kappa shape index (κ3) is 6.54. The zero-order valence-electron chi connectivity index (χ0n) is 23.9. The van der Waals surface area contributed by atoms with E-state index in [9.17, 15) is 26.3 Å². The van der Waals surface area contributed by atoms with Crippen LogP contribution in [-0.4, -0.2) is 48.1 Å². The van der Waals surface area contributed by atoms with Crippen molar-refractivity contribution in [2.45, 2.75) is 58.0 Å². The van der Waals surface area contributed by atoms with Crippen LogP contribution in [0.5, 0.6) is 0 Å². The van der Waals surface area contributed by atoms with Gasteiger partial charge in [-0.25, -0.2) is 4.98 Å². The van der Waals surface area contributed by atoms with Gasteiger partial charge in [0.1, 0.15) is 5.82 Å². The summed E-state index contributed by atoms with van der Waals surface area (Å²) in [5, 5.41) is 17.5. The largest absolute Gasteiger partial charge is 0.416 e. The highest BCUT2D eigenvalue weighted by Crippen LogP contribution is 2.39. The van der Waals surface area contributed by atoms with Crippen LogP contribution in [0.4, 0.5) is 38.1 Å². The smallest absolute Gasteiger partial charge is 0.356 e. The molecule has 0 radical (unpaired) electrons. The minimum absolute atomic E-state index is 0.0679. The second-order valence-corrected chi connectivity index (χ2v) is 11.7. The van der Waals surface area contributed by atoms with Crippen molar-refractivity contribution in [3.05, 3.63) is 52.2 Å². The van der Waals surface area contributed by atoms with Gasteiger partial charge in [0, 0.05) is 44.2 Å². The predicted molar refractivity (Wildman–Crippen MR) is 146 cm³/mol. The summed E-state index contributed by atoms with van der Waals surface area (Å²) in [4.78, 5) is 10.1. The summed E-state index contributed by atoms with van der Waals surface area (Å²) in [6.45, 7) is 3.26. The fourth-order valence-electron chi connectivity index (χ4n) is 5.37. The molecule has 3 aromatic heterocycles. The third-order valence-corrected chi connectivity index (χ3v) is 7.87. The number of pyridine rings is 1. The van der Waals surface area contributed by atoms with Gasteiger partial charge in [-0.05, 0) is 79.5 Å². The average Bonchev–Trinajstić information content (AvgIpc) is 3.85. The number of tetrazole rings is 1. The number of anilines is 2. The van der Waals surface area contributed by atoms with E-state index in [1.165, 1.54) is 16.7 Å². The fourth-order valence-corrected chi connectivity index (χ4v) is 5.37. The number of benzene rings is 1. The number of rotatable bonds is 10. The van der Waals surface area contributed by atoms with Crippen LogP contribution in [-0.2, 0) is 39.5 Å². The molecule has 0 spiro atoms. The van der Waals surface area contributed by atoms with Crippen LogP contribution in [0, 0.1) is 18.8 Å². The Hall–Kier alpha value is -3.91. The molecule has 0 aliphatic heterocycles. The molecule has 230 valence electrons. The number of alkyl halides is 6. The molecular formula is C28H31F6N9. The molecule has 2 aliphatic rings. The molecule has 0 amide bonds. The monoisotopic (exact) mass is 607 g/mol. The lowest BCUT2D eigenvalue weighted by Crippen LogP contribution is -2.32. The lowest BCUT2D eigenvalue weighted by atomic mass is 10.0. The Bertz CT molecular complexity index is 1590. The predicted octanol–water partition coefficient (Wildman–Crippen LogP) is 5.67. The van der Waals surface area contributed by atoms with Gasteiger partial charge in [-0.2, -0.15) is 36.2 Å². The van der Waals surface area contributed by atoms with Gasteiger partial charge in [0.25, 0.3) is 5.95 Å². The van der Waals surface area contributed by atoms with Crippen LogP contribution in [0.25, 0.3) is 11.0 Å². The summed E-state index contributed by atoms with van der Waals surface area (Å²) in [6, 6.07) is 3.56. The molecule has 3 heterocycles. The van der Waals surface area contributed by atoms with E-state index in [0.717, 1.165) is 73.4 Å². The summed E-state index contributed by atoms with van der Waals surface area (Å²) in [6.07, 6.45) is -5.38. The molecule has 0 N–H and O–H groups in total. The molecule has 1 aromatic carbocycles. The minimum atomic E-state index is -4.96. The van der Waals surface area contributed by atoms with Gasteiger partial charge < -0.3 is 9.80 Å². The first-order valence-corrected chi connectivity index (χ1v) is 14.1. The lowest BCUT2D eigenvalue weighted by Gasteiger charge is -2.29. The Morgan fingerprint density at radius 3 is 1.93 bits per heavy atom. The van der Waals surface area contributed by atoms with Crippen LogP contribution >= 0.6 is 0 Å². The van der Waals surface area contributed by atoms with E-state index in [0.29, 0.717) is 17.5 Å². The average molecular weight is 608 g/mol. The second kappa shape index (κ2) is 10.7. The highest BCUT2D eigenvalue weighted by molar-refractivity contribution is 5.81. The highest BCUT2D eigenvalue weighted by atomic mass is 19.4. The number of aromatic nitrogens is 7. The van der Waals surface area contributed by atoms with Crippen molar-refractivity contribution in [2.75, 3.05) is 22.9 Å². The molecule has 2 saturated carbocycles. The normalized spacial score (nSPS) is 15.8. The van der Waals surface area contributed by atoms with Gasteiger partial charge in [0.05, 0.1) is 23.9 Å². The summed E-state index contributed by atoms with van der Waals surface area (Å²) in [7, 11) is 3.35. The van der Waals surface area contributed by atoms with Crippen molar-refractivity contribution >= 4 is 22.8 Å². The summed E-state index contributed by atoms with van der Waals surface area (Å²) < 4.78 is 83.6. The maximum atomic E-state index is 13.7. The van der Waals surface area contributed by atoms with Crippen LogP contribution in [0.2, 0.25) is 0 Å². The van der Waals surface area contributed by atoms with E-state index in [4.69, 9.17) is 4.98 Å². The molecule has 15 heteroatoms. The first-order chi connectivity index (χ1) is 20.2. The van der Waals surface area contributed by atoms with Crippen LogP contribution in [0.15, 0.2) is 24.3 Å². The molecular weight excluding hydrogens is 576 g/mol. The topological polar surface area (TPSA) is 80.8 Å². The van der Waals surface area contributed by atoms with Gasteiger partial charge in [0.2, 0.25) is 0 Å². The van der Waals surface area contributed by atoms with E-state index < -0.39 is 23.5 Å². The molecule has 43 heavy (non-hydrogen) atoms.